The summed E-state index contributed by atoms with van der Waals surface area (Å²) >= 11 is 7.39. The molecule has 5 nitrogen and oxygen atoms in total. The largest absolute Gasteiger partial charge is 0.369 e. The Labute approximate surface area is 186 Å². The van der Waals surface area contributed by atoms with Gasteiger partial charge < -0.3 is 15.1 Å². The Kier molecular flexibility index (Phi) is 6.37. The highest BCUT2D eigenvalue weighted by molar-refractivity contribution is 7.17. The number of anilines is 1. The second-order valence-electron chi connectivity index (χ2n) is 7.54. The van der Waals surface area contributed by atoms with Crippen LogP contribution in [0.1, 0.15) is 20.9 Å². The summed E-state index contributed by atoms with van der Waals surface area (Å²) in [5.41, 5.74) is 4.05. The van der Waals surface area contributed by atoms with Gasteiger partial charge in [-0.3, -0.25) is 4.79 Å². The van der Waals surface area contributed by atoms with E-state index in [9.17, 15) is 4.79 Å². The van der Waals surface area contributed by atoms with Crippen LogP contribution in [-0.4, -0.2) is 49.0 Å². The van der Waals surface area contributed by atoms with Crippen LogP contribution in [0, 0.1) is 6.92 Å². The van der Waals surface area contributed by atoms with Crippen molar-refractivity contribution in [1.82, 2.24) is 15.2 Å². The highest BCUT2D eigenvalue weighted by Crippen LogP contribution is 2.29. The molecule has 0 radical (unpaired) electrons. The molecule has 3 aromatic rings. The zero-order valence-corrected chi connectivity index (χ0v) is 18.8. The fourth-order valence-corrected chi connectivity index (χ4v) is 4.71. The highest BCUT2D eigenvalue weighted by atomic mass is 35.5. The number of thiazole rings is 1. The minimum Gasteiger partial charge on any atom is -0.369 e. The molecule has 7 heteroatoms. The van der Waals surface area contributed by atoms with Gasteiger partial charge in [-0.25, -0.2) is 4.98 Å². The molecule has 0 unspecified atom stereocenters. The molecule has 1 amide bonds. The van der Waals surface area contributed by atoms with Gasteiger partial charge in [0.1, 0.15) is 9.88 Å². The minimum atomic E-state index is -0.0848. The summed E-state index contributed by atoms with van der Waals surface area (Å²) in [5.74, 6) is -0.0848. The molecule has 30 heavy (non-hydrogen) atoms. The maximum Gasteiger partial charge on any atom is 0.263 e. The minimum absolute atomic E-state index is 0.0848. The van der Waals surface area contributed by atoms with E-state index in [1.54, 1.807) is 0 Å². The van der Waals surface area contributed by atoms with E-state index < -0.39 is 0 Å². The normalized spacial score (nSPS) is 14.7. The van der Waals surface area contributed by atoms with Crippen molar-refractivity contribution in [1.29, 1.82) is 0 Å². The lowest BCUT2D eigenvalue weighted by Crippen LogP contribution is -2.45. The molecule has 0 bridgehead atoms. The van der Waals surface area contributed by atoms with Crippen molar-refractivity contribution in [3.05, 3.63) is 69.7 Å². The molecule has 156 valence electrons. The average Bonchev–Trinajstić information content (AvgIpc) is 3.15. The molecule has 2 aromatic carbocycles. The Bertz CT molecular complexity index is 1030. The lowest BCUT2D eigenvalue weighted by Gasteiger charge is -2.35. The summed E-state index contributed by atoms with van der Waals surface area (Å²) in [6.07, 6.45) is 0. The molecular formula is C23H25ClN4OS. The Morgan fingerprint density at radius 3 is 2.53 bits per heavy atom. The first-order chi connectivity index (χ1) is 14.5. The maximum absolute atomic E-state index is 12.9. The molecule has 4 rings (SSSR count). The number of hydrogen-bond donors (Lipinski definition) is 1. The molecule has 1 aliphatic rings. The average molecular weight is 441 g/mol. The van der Waals surface area contributed by atoms with Crippen LogP contribution >= 0.6 is 22.9 Å². The van der Waals surface area contributed by atoms with Crippen molar-refractivity contribution < 1.29 is 4.79 Å². The van der Waals surface area contributed by atoms with Crippen LogP contribution in [0.25, 0.3) is 10.6 Å². The van der Waals surface area contributed by atoms with E-state index in [1.165, 1.54) is 17.0 Å². The molecule has 1 aliphatic heterocycles. The van der Waals surface area contributed by atoms with Gasteiger partial charge in [0.05, 0.1) is 5.69 Å². The van der Waals surface area contributed by atoms with Crippen LogP contribution in [0.15, 0.2) is 48.5 Å². The van der Waals surface area contributed by atoms with Gasteiger partial charge in [0.25, 0.3) is 5.91 Å². The zero-order chi connectivity index (χ0) is 21.1. The molecule has 0 saturated carbocycles. The number of benzene rings is 2. The number of nitrogens with one attached hydrogen (secondary N) is 1. The number of rotatable bonds is 5. The van der Waals surface area contributed by atoms with Crippen molar-refractivity contribution in [3.8, 4) is 10.6 Å². The lowest BCUT2D eigenvalue weighted by molar-refractivity contribution is 0.0954. The van der Waals surface area contributed by atoms with Crippen LogP contribution in [0.4, 0.5) is 5.69 Å². The number of aromatic nitrogens is 1. The van der Waals surface area contributed by atoms with E-state index in [0.29, 0.717) is 16.4 Å². The predicted octanol–water partition coefficient (Wildman–Crippen LogP) is 4.45. The van der Waals surface area contributed by atoms with Gasteiger partial charge in [0.15, 0.2) is 0 Å². The molecule has 2 heterocycles. The Hall–Kier alpha value is -2.41. The number of aryl methyl sites for hydroxylation is 1. The Morgan fingerprint density at radius 2 is 1.80 bits per heavy atom. The fraction of sp³-hybridized carbons (Fsp3) is 0.304. The van der Waals surface area contributed by atoms with Gasteiger partial charge in [0, 0.05) is 49.0 Å². The number of hydrogen-bond acceptors (Lipinski definition) is 5. The van der Waals surface area contributed by atoms with Gasteiger partial charge in [-0.05, 0) is 37.7 Å². The monoisotopic (exact) mass is 440 g/mol. The molecule has 1 fully saturated rings. The number of nitrogens with zero attached hydrogens (tertiary/aromatic N) is 3. The van der Waals surface area contributed by atoms with Crippen LogP contribution in [-0.2, 0) is 6.54 Å². The number of likely N-dealkylation sites (N-methyl/N-ethyl adjacent to an activating group) is 1. The molecule has 1 saturated heterocycles. The third-order valence-electron chi connectivity index (χ3n) is 5.37. The highest BCUT2D eigenvalue weighted by Gasteiger charge is 2.19. The second-order valence-corrected chi connectivity index (χ2v) is 8.98. The lowest BCUT2D eigenvalue weighted by atomic mass is 10.1. The summed E-state index contributed by atoms with van der Waals surface area (Å²) in [6, 6.07) is 15.8. The molecule has 1 aromatic heterocycles. The fourth-order valence-electron chi connectivity index (χ4n) is 3.59. The summed E-state index contributed by atoms with van der Waals surface area (Å²) in [4.78, 5) is 22.9. The first kappa shape index (κ1) is 20.8. The molecule has 0 aliphatic carbocycles. The van der Waals surface area contributed by atoms with E-state index in [1.807, 2.05) is 37.3 Å². The second kappa shape index (κ2) is 9.16. The topological polar surface area (TPSA) is 48.5 Å². The van der Waals surface area contributed by atoms with Crippen molar-refractivity contribution in [3.63, 3.8) is 0 Å². The van der Waals surface area contributed by atoms with Gasteiger partial charge >= 0.3 is 0 Å². The van der Waals surface area contributed by atoms with Gasteiger partial charge in [-0.15, -0.1) is 11.3 Å². The number of para-hydroxylation sites is 1. The summed E-state index contributed by atoms with van der Waals surface area (Å²) in [7, 11) is 2.15. The van der Waals surface area contributed by atoms with E-state index in [-0.39, 0.29) is 5.91 Å². The number of amides is 1. The van der Waals surface area contributed by atoms with E-state index in [4.69, 9.17) is 11.6 Å². The predicted molar refractivity (Wildman–Crippen MR) is 125 cm³/mol. The van der Waals surface area contributed by atoms with Gasteiger partial charge in [-0.1, -0.05) is 41.9 Å². The van der Waals surface area contributed by atoms with Crippen molar-refractivity contribution >= 4 is 34.5 Å². The third kappa shape index (κ3) is 4.67. The van der Waals surface area contributed by atoms with Crippen LogP contribution < -0.4 is 10.2 Å². The Balaban J connectivity index is 1.46. The molecule has 0 atom stereocenters. The quantitative estimate of drug-likeness (QED) is 0.636. The number of halogens is 1. The summed E-state index contributed by atoms with van der Waals surface area (Å²) < 4.78 is 0. The number of carbonyl (C=O) groups excluding carboxylic acids is 1. The smallest absolute Gasteiger partial charge is 0.263 e. The van der Waals surface area contributed by atoms with Gasteiger partial charge in [-0.2, -0.15) is 0 Å². The first-order valence-electron chi connectivity index (χ1n) is 10.0. The third-order valence-corrected chi connectivity index (χ3v) is 6.83. The molecule has 0 spiro atoms. The maximum atomic E-state index is 12.9. The standard InChI is InChI=1S/C23H25ClN4OS/c1-16-21(30-23(26-16)17-7-9-19(24)10-8-17)22(29)25-15-18-5-3-4-6-20(18)28-13-11-27(2)12-14-28/h3-10H,11-15H2,1-2H3,(H,25,29). The summed E-state index contributed by atoms with van der Waals surface area (Å²) in [5, 5.41) is 4.60. The van der Waals surface area contributed by atoms with E-state index in [0.717, 1.165) is 48.0 Å². The van der Waals surface area contributed by atoms with Crippen LogP contribution in [0.5, 0.6) is 0 Å². The summed E-state index contributed by atoms with van der Waals surface area (Å²) in [6.45, 7) is 6.47. The van der Waals surface area contributed by atoms with E-state index in [2.05, 4.69) is 45.3 Å². The van der Waals surface area contributed by atoms with Crippen molar-refractivity contribution in [2.75, 3.05) is 38.1 Å². The number of piperazine rings is 1. The zero-order valence-electron chi connectivity index (χ0n) is 17.2. The molecular weight excluding hydrogens is 416 g/mol. The van der Waals surface area contributed by atoms with Gasteiger partial charge in [0.2, 0.25) is 0 Å². The van der Waals surface area contributed by atoms with Crippen molar-refractivity contribution in [2.24, 2.45) is 0 Å². The molecule has 1 N–H and O–H groups in total. The van der Waals surface area contributed by atoms with Crippen LogP contribution in [0.2, 0.25) is 5.02 Å². The first-order valence-corrected chi connectivity index (χ1v) is 11.2. The van der Waals surface area contributed by atoms with Crippen molar-refractivity contribution in [2.45, 2.75) is 13.5 Å². The SMILES string of the molecule is Cc1nc(-c2ccc(Cl)cc2)sc1C(=O)NCc1ccccc1N1CCN(C)CC1. The van der Waals surface area contributed by atoms with Crippen LogP contribution in [0.3, 0.4) is 0 Å². The van der Waals surface area contributed by atoms with E-state index >= 15 is 0 Å². The number of carbonyl (C=O) groups is 1. The Morgan fingerprint density at radius 1 is 1.10 bits per heavy atom.